The Bertz CT molecular complexity index is 314. The molecule has 1 amide bonds. The van der Waals surface area contributed by atoms with Gasteiger partial charge in [0.1, 0.15) is 0 Å². The molecule has 1 fully saturated rings. The number of rotatable bonds is 6. The van der Waals surface area contributed by atoms with E-state index in [1.807, 2.05) is 6.92 Å². The molecule has 0 radical (unpaired) electrons. The van der Waals surface area contributed by atoms with Crippen molar-refractivity contribution in [3.63, 3.8) is 0 Å². The SMILES string of the molecule is CCC1CC[C@@H](C(C)C)N1C(=O)C(C(C)C)C(C)OC. The zero-order valence-electron chi connectivity index (χ0n) is 14.3. The average Bonchev–Trinajstić information content (AvgIpc) is 2.81. The van der Waals surface area contributed by atoms with Crippen LogP contribution in [-0.4, -0.2) is 36.1 Å². The molecule has 4 atom stereocenters. The maximum Gasteiger partial charge on any atom is 0.229 e. The molecule has 3 nitrogen and oxygen atoms in total. The Morgan fingerprint density at radius 1 is 1.20 bits per heavy atom. The summed E-state index contributed by atoms with van der Waals surface area (Å²) in [5.74, 6) is 1.11. The van der Waals surface area contributed by atoms with E-state index in [0.29, 0.717) is 29.8 Å². The van der Waals surface area contributed by atoms with Crippen LogP contribution in [0.25, 0.3) is 0 Å². The Hall–Kier alpha value is -0.570. The zero-order chi connectivity index (χ0) is 15.4. The Labute approximate surface area is 125 Å². The molecule has 0 aliphatic carbocycles. The van der Waals surface area contributed by atoms with E-state index >= 15 is 0 Å². The fraction of sp³-hybridized carbons (Fsp3) is 0.941. The molecule has 0 aromatic rings. The summed E-state index contributed by atoms with van der Waals surface area (Å²) in [5, 5.41) is 0. The summed E-state index contributed by atoms with van der Waals surface area (Å²) >= 11 is 0. The fourth-order valence-electron chi connectivity index (χ4n) is 3.66. The van der Waals surface area contributed by atoms with Gasteiger partial charge in [-0.15, -0.1) is 0 Å². The van der Waals surface area contributed by atoms with Gasteiger partial charge < -0.3 is 9.64 Å². The van der Waals surface area contributed by atoms with E-state index in [1.54, 1.807) is 7.11 Å². The second-order valence-electron chi connectivity index (χ2n) is 6.91. The monoisotopic (exact) mass is 283 g/mol. The van der Waals surface area contributed by atoms with Crippen molar-refractivity contribution in [3.05, 3.63) is 0 Å². The third kappa shape index (κ3) is 3.55. The molecule has 0 bridgehead atoms. The highest BCUT2D eigenvalue weighted by molar-refractivity contribution is 5.80. The highest BCUT2D eigenvalue weighted by Crippen LogP contribution is 2.34. The van der Waals surface area contributed by atoms with Gasteiger partial charge in [-0.25, -0.2) is 0 Å². The molecule has 1 saturated heterocycles. The maximum absolute atomic E-state index is 13.1. The van der Waals surface area contributed by atoms with Gasteiger partial charge in [-0.2, -0.15) is 0 Å². The fourth-order valence-corrected chi connectivity index (χ4v) is 3.66. The zero-order valence-corrected chi connectivity index (χ0v) is 14.3. The normalized spacial score (nSPS) is 26.4. The molecule has 0 saturated carbocycles. The van der Waals surface area contributed by atoms with Crippen LogP contribution in [-0.2, 0) is 9.53 Å². The highest BCUT2D eigenvalue weighted by Gasteiger charge is 2.42. The minimum absolute atomic E-state index is 0.0200. The summed E-state index contributed by atoms with van der Waals surface area (Å²) in [6, 6.07) is 0.818. The quantitative estimate of drug-likeness (QED) is 0.743. The summed E-state index contributed by atoms with van der Waals surface area (Å²) in [5.41, 5.74) is 0. The van der Waals surface area contributed by atoms with Crippen molar-refractivity contribution in [3.8, 4) is 0 Å². The summed E-state index contributed by atoms with van der Waals surface area (Å²) in [4.78, 5) is 15.3. The first-order valence-corrected chi connectivity index (χ1v) is 8.20. The molecule has 1 rings (SSSR count). The van der Waals surface area contributed by atoms with Crippen LogP contribution >= 0.6 is 0 Å². The first-order valence-electron chi connectivity index (χ1n) is 8.20. The van der Waals surface area contributed by atoms with Crippen molar-refractivity contribution in [1.29, 1.82) is 0 Å². The van der Waals surface area contributed by atoms with Gasteiger partial charge in [0.2, 0.25) is 5.91 Å². The Kier molecular flexibility index (Phi) is 6.50. The van der Waals surface area contributed by atoms with Crippen molar-refractivity contribution in [2.45, 2.75) is 79.0 Å². The third-order valence-electron chi connectivity index (χ3n) is 4.92. The molecule has 3 heteroatoms. The van der Waals surface area contributed by atoms with Crippen LogP contribution in [0.4, 0.5) is 0 Å². The van der Waals surface area contributed by atoms with E-state index in [-0.39, 0.29) is 12.0 Å². The summed E-state index contributed by atoms with van der Waals surface area (Å²) in [7, 11) is 1.70. The van der Waals surface area contributed by atoms with Gasteiger partial charge in [0.05, 0.1) is 12.0 Å². The number of hydrogen-bond donors (Lipinski definition) is 0. The molecule has 0 spiro atoms. The van der Waals surface area contributed by atoms with Crippen LogP contribution in [0.2, 0.25) is 0 Å². The van der Waals surface area contributed by atoms with E-state index in [4.69, 9.17) is 4.74 Å². The van der Waals surface area contributed by atoms with Crippen molar-refractivity contribution in [2.24, 2.45) is 17.8 Å². The molecule has 1 aliphatic rings. The Balaban J connectivity index is 2.99. The van der Waals surface area contributed by atoms with E-state index in [9.17, 15) is 4.79 Å². The van der Waals surface area contributed by atoms with E-state index < -0.39 is 0 Å². The summed E-state index contributed by atoms with van der Waals surface area (Å²) < 4.78 is 5.47. The van der Waals surface area contributed by atoms with Gasteiger partial charge in [-0.1, -0.05) is 34.6 Å². The minimum Gasteiger partial charge on any atom is -0.381 e. The van der Waals surface area contributed by atoms with Gasteiger partial charge in [0, 0.05) is 19.2 Å². The number of carbonyl (C=O) groups is 1. The number of amides is 1. The van der Waals surface area contributed by atoms with Crippen LogP contribution in [0.15, 0.2) is 0 Å². The second kappa shape index (κ2) is 7.44. The lowest BCUT2D eigenvalue weighted by atomic mass is 9.88. The van der Waals surface area contributed by atoms with Crippen molar-refractivity contribution in [2.75, 3.05) is 7.11 Å². The highest BCUT2D eigenvalue weighted by atomic mass is 16.5. The molecule has 0 aromatic heterocycles. The van der Waals surface area contributed by atoms with Crippen molar-refractivity contribution in [1.82, 2.24) is 4.90 Å². The van der Waals surface area contributed by atoms with Crippen LogP contribution in [0, 0.1) is 17.8 Å². The van der Waals surface area contributed by atoms with Crippen LogP contribution < -0.4 is 0 Å². The van der Waals surface area contributed by atoms with E-state index in [0.717, 1.165) is 19.3 Å². The molecular weight excluding hydrogens is 250 g/mol. The maximum atomic E-state index is 13.1. The lowest BCUT2D eigenvalue weighted by Crippen LogP contribution is -2.49. The van der Waals surface area contributed by atoms with Gasteiger partial charge in [-0.3, -0.25) is 4.79 Å². The van der Waals surface area contributed by atoms with Crippen molar-refractivity contribution < 1.29 is 9.53 Å². The molecule has 1 aliphatic heterocycles. The van der Waals surface area contributed by atoms with Crippen LogP contribution in [0.5, 0.6) is 0 Å². The first kappa shape index (κ1) is 17.5. The van der Waals surface area contributed by atoms with Gasteiger partial charge in [-0.05, 0) is 38.0 Å². The predicted octanol–water partition coefficient (Wildman–Crippen LogP) is 3.72. The van der Waals surface area contributed by atoms with Crippen LogP contribution in [0.1, 0.15) is 60.8 Å². The molecule has 1 heterocycles. The number of nitrogens with zero attached hydrogens (tertiary/aromatic N) is 1. The average molecular weight is 283 g/mol. The van der Waals surface area contributed by atoms with Gasteiger partial charge >= 0.3 is 0 Å². The number of methoxy groups -OCH3 is 1. The molecule has 118 valence electrons. The Morgan fingerprint density at radius 2 is 1.80 bits per heavy atom. The smallest absolute Gasteiger partial charge is 0.229 e. The van der Waals surface area contributed by atoms with Gasteiger partial charge in [0.25, 0.3) is 0 Å². The standard InChI is InChI=1S/C17H33NO2/c1-8-14-9-10-15(11(2)3)18(14)17(19)16(12(4)5)13(6)20-7/h11-16H,8-10H2,1-7H3/t13?,14?,15-,16?/m0/s1. The number of carbonyl (C=O) groups excluding carboxylic acids is 1. The second-order valence-corrected chi connectivity index (χ2v) is 6.91. The van der Waals surface area contributed by atoms with Gasteiger partial charge in [0.15, 0.2) is 0 Å². The third-order valence-corrected chi connectivity index (χ3v) is 4.92. The predicted molar refractivity (Wildman–Crippen MR) is 83.6 cm³/mol. The largest absolute Gasteiger partial charge is 0.381 e. The molecule has 20 heavy (non-hydrogen) atoms. The summed E-state index contributed by atoms with van der Waals surface area (Å²) in [6.45, 7) is 12.9. The number of likely N-dealkylation sites (tertiary alicyclic amines) is 1. The van der Waals surface area contributed by atoms with Crippen molar-refractivity contribution >= 4 is 5.91 Å². The molecule has 0 aromatic carbocycles. The minimum atomic E-state index is -0.0339. The lowest BCUT2D eigenvalue weighted by Gasteiger charge is -2.37. The van der Waals surface area contributed by atoms with E-state index in [2.05, 4.69) is 39.5 Å². The number of ether oxygens (including phenoxy) is 1. The van der Waals surface area contributed by atoms with Crippen LogP contribution in [0.3, 0.4) is 0 Å². The lowest BCUT2D eigenvalue weighted by molar-refractivity contribution is -0.146. The van der Waals surface area contributed by atoms with E-state index in [1.165, 1.54) is 0 Å². The molecule has 3 unspecified atom stereocenters. The topological polar surface area (TPSA) is 29.5 Å². The Morgan fingerprint density at radius 3 is 2.20 bits per heavy atom. The molecule has 0 N–H and O–H groups in total. The first-order chi connectivity index (χ1) is 9.34. The molecular formula is C17H33NO2. The summed E-state index contributed by atoms with van der Waals surface area (Å²) in [6.07, 6.45) is 3.33. The number of hydrogen-bond acceptors (Lipinski definition) is 2.